The van der Waals surface area contributed by atoms with Crippen LogP contribution in [0.1, 0.15) is 65.3 Å². The topological polar surface area (TPSA) is 172 Å². The van der Waals surface area contributed by atoms with E-state index in [0.29, 0.717) is 31.9 Å². The van der Waals surface area contributed by atoms with Crippen molar-refractivity contribution in [2.45, 2.75) is 50.6 Å². The SMILES string of the molecule is O=C1CCC(N2C(=O)c3ccc(NCCCCNC(=O)N4CCC(n5cc(-c6cnc7ccccc7n6)cn5)CC4)cc3C2=O)C(=O)N1. The summed E-state index contributed by atoms with van der Waals surface area (Å²) >= 11 is 0. The fraction of sp³-hybridized carbons (Fsp3) is 0.353. The van der Waals surface area contributed by atoms with E-state index in [2.05, 4.69) is 26.0 Å². The van der Waals surface area contributed by atoms with E-state index in [1.807, 2.05) is 46.2 Å². The number of benzene rings is 2. The summed E-state index contributed by atoms with van der Waals surface area (Å²) in [5, 5.41) is 13.1. The summed E-state index contributed by atoms with van der Waals surface area (Å²) < 4.78 is 1.97. The van der Waals surface area contributed by atoms with Gasteiger partial charge in [-0.3, -0.25) is 39.1 Å². The zero-order chi connectivity index (χ0) is 33.2. The molecular formula is C34H35N9O5. The van der Waals surface area contributed by atoms with Crippen LogP contribution in [-0.4, -0.2) is 91.4 Å². The number of para-hydroxylation sites is 2. The van der Waals surface area contributed by atoms with Crippen LogP contribution in [-0.2, 0) is 9.59 Å². The Morgan fingerprint density at radius 3 is 2.48 bits per heavy atom. The average Bonchev–Trinajstić information content (AvgIpc) is 3.69. The number of amides is 6. The van der Waals surface area contributed by atoms with Crippen LogP contribution >= 0.6 is 0 Å². The van der Waals surface area contributed by atoms with Crippen LogP contribution in [0.25, 0.3) is 22.3 Å². The summed E-state index contributed by atoms with van der Waals surface area (Å²) in [4.78, 5) is 74.5. The van der Waals surface area contributed by atoms with E-state index < -0.39 is 29.7 Å². The molecule has 1 atom stereocenters. The number of nitrogens with zero attached hydrogens (tertiary/aromatic N) is 6. The molecule has 0 aliphatic carbocycles. The lowest BCUT2D eigenvalue weighted by atomic mass is 10.0. The molecule has 0 spiro atoms. The Kier molecular flexibility index (Phi) is 8.53. The van der Waals surface area contributed by atoms with Gasteiger partial charge in [0.25, 0.3) is 11.8 Å². The second kappa shape index (κ2) is 13.2. The second-order valence-corrected chi connectivity index (χ2v) is 12.2. The third-order valence-corrected chi connectivity index (χ3v) is 9.12. The summed E-state index contributed by atoms with van der Waals surface area (Å²) in [6, 6.07) is 11.8. The maximum Gasteiger partial charge on any atom is 0.317 e. The molecule has 3 aliphatic heterocycles. The van der Waals surface area contributed by atoms with E-state index >= 15 is 0 Å². The summed E-state index contributed by atoms with van der Waals surface area (Å²) in [5.74, 6) is -2.11. The van der Waals surface area contributed by atoms with Gasteiger partial charge >= 0.3 is 6.03 Å². The van der Waals surface area contributed by atoms with Crippen LogP contribution in [0.3, 0.4) is 0 Å². The van der Waals surface area contributed by atoms with Gasteiger partial charge in [0.1, 0.15) is 6.04 Å². The first-order valence-electron chi connectivity index (χ1n) is 16.2. The van der Waals surface area contributed by atoms with E-state index in [9.17, 15) is 24.0 Å². The van der Waals surface area contributed by atoms with Crippen LogP contribution in [0.4, 0.5) is 10.5 Å². The summed E-state index contributed by atoms with van der Waals surface area (Å²) in [5.41, 5.74) is 4.55. The standard InChI is InChI=1S/C34H35N9O5/c44-30-10-9-29(31(45)40-30)43-32(46)24-8-7-22(17-25(24)33(43)47)35-13-3-4-14-36-34(48)41-15-11-23(12-16-41)42-20-21(18-38-42)28-19-37-26-5-1-2-6-27(26)39-28/h1-2,5-8,17-20,23,29,35H,3-4,9-16H2,(H,36,48)(H,40,44,45). The van der Waals surface area contributed by atoms with Crippen molar-refractivity contribution in [1.82, 2.24) is 40.2 Å². The molecule has 246 valence electrons. The predicted molar refractivity (Wildman–Crippen MR) is 175 cm³/mol. The molecule has 0 bridgehead atoms. The van der Waals surface area contributed by atoms with Crippen molar-refractivity contribution in [3.05, 3.63) is 72.2 Å². The predicted octanol–water partition coefficient (Wildman–Crippen LogP) is 3.13. The van der Waals surface area contributed by atoms with Crippen molar-refractivity contribution in [2.75, 3.05) is 31.5 Å². The Morgan fingerprint density at radius 2 is 1.67 bits per heavy atom. The van der Waals surface area contributed by atoms with Gasteiger partial charge in [0.15, 0.2) is 0 Å². The number of aromatic nitrogens is 4. The number of hydrogen-bond donors (Lipinski definition) is 3. The molecule has 3 aliphatic rings. The lowest BCUT2D eigenvalue weighted by molar-refractivity contribution is -0.136. The second-order valence-electron chi connectivity index (χ2n) is 12.2. The maximum absolute atomic E-state index is 13.0. The fourth-order valence-corrected chi connectivity index (χ4v) is 6.47. The molecule has 2 aromatic heterocycles. The largest absolute Gasteiger partial charge is 0.385 e. The van der Waals surface area contributed by atoms with Gasteiger partial charge in [0, 0.05) is 50.0 Å². The molecule has 2 aromatic carbocycles. The molecule has 3 N–H and O–H groups in total. The lowest BCUT2D eigenvalue weighted by Gasteiger charge is -2.32. The van der Waals surface area contributed by atoms with Gasteiger partial charge in [0.05, 0.1) is 46.3 Å². The smallest absolute Gasteiger partial charge is 0.317 e. The minimum Gasteiger partial charge on any atom is -0.385 e. The number of fused-ring (bicyclic) bond motifs is 2. The highest BCUT2D eigenvalue weighted by atomic mass is 16.2. The zero-order valence-corrected chi connectivity index (χ0v) is 26.2. The van der Waals surface area contributed by atoms with Crippen LogP contribution in [0.5, 0.6) is 0 Å². The highest BCUT2D eigenvalue weighted by Crippen LogP contribution is 2.30. The fourth-order valence-electron chi connectivity index (χ4n) is 6.47. The van der Waals surface area contributed by atoms with Crippen molar-refractivity contribution in [2.24, 2.45) is 0 Å². The Bertz CT molecular complexity index is 1920. The molecule has 5 heterocycles. The molecule has 6 amide bonds. The molecule has 2 fully saturated rings. The number of carbonyl (C=O) groups excluding carboxylic acids is 5. The Labute approximate surface area is 275 Å². The lowest BCUT2D eigenvalue weighted by Crippen LogP contribution is -2.54. The minimum atomic E-state index is -0.991. The van der Waals surface area contributed by atoms with E-state index in [0.717, 1.165) is 52.9 Å². The van der Waals surface area contributed by atoms with Crippen molar-refractivity contribution >= 4 is 46.4 Å². The number of urea groups is 1. The van der Waals surface area contributed by atoms with Crippen molar-refractivity contribution in [3.63, 3.8) is 0 Å². The monoisotopic (exact) mass is 649 g/mol. The first-order chi connectivity index (χ1) is 23.4. The number of imide groups is 2. The van der Waals surface area contributed by atoms with E-state index in [1.165, 1.54) is 0 Å². The molecule has 7 rings (SSSR count). The van der Waals surface area contributed by atoms with Gasteiger partial charge in [-0.1, -0.05) is 12.1 Å². The number of anilines is 1. The van der Waals surface area contributed by atoms with Gasteiger partial charge in [-0.25, -0.2) is 9.78 Å². The number of hydrogen-bond acceptors (Lipinski definition) is 9. The van der Waals surface area contributed by atoms with Gasteiger partial charge < -0.3 is 15.5 Å². The molecule has 4 aromatic rings. The number of rotatable bonds is 9. The van der Waals surface area contributed by atoms with Crippen LogP contribution in [0.15, 0.2) is 61.1 Å². The number of likely N-dealkylation sites (tertiary alicyclic amines) is 1. The molecule has 14 heteroatoms. The van der Waals surface area contributed by atoms with E-state index in [4.69, 9.17) is 4.98 Å². The highest BCUT2D eigenvalue weighted by Gasteiger charge is 2.44. The van der Waals surface area contributed by atoms with E-state index in [1.54, 1.807) is 24.4 Å². The molecule has 0 saturated carbocycles. The molecule has 1 unspecified atom stereocenters. The average molecular weight is 650 g/mol. The number of nitrogens with one attached hydrogen (secondary N) is 3. The van der Waals surface area contributed by atoms with Gasteiger partial charge in [-0.15, -0.1) is 0 Å². The van der Waals surface area contributed by atoms with Crippen molar-refractivity contribution in [3.8, 4) is 11.3 Å². The van der Waals surface area contributed by atoms with Crippen molar-refractivity contribution < 1.29 is 24.0 Å². The number of unbranched alkanes of at least 4 members (excludes halogenated alkanes) is 1. The first kappa shape index (κ1) is 31.0. The molecule has 2 saturated heterocycles. The Hall–Kier alpha value is -5.66. The first-order valence-corrected chi connectivity index (χ1v) is 16.2. The van der Waals surface area contributed by atoms with Gasteiger partial charge in [0.2, 0.25) is 11.8 Å². The quantitative estimate of drug-likeness (QED) is 0.182. The third kappa shape index (κ3) is 6.20. The Balaban J connectivity index is 0.823. The molecule has 14 nitrogen and oxygen atoms in total. The highest BCUT2D eigenvalue weighted by molar-refractivity contribution is 6.23. The molecule has 0 radical (unpaired) electrons. The minimum absolute atomic E-state index is 0.0728. The number of piperidine rings is 2. The maximum atomic E-state index is 13.0. The van der Waals surface area contributed by atoms with Crippen LogP contribution in [0, 0.1) is 0 Å². The molecule has 48 heavy (non-hydrogen) atoms. The third-order valence-electron chi connectivity index (χ3n) is 9.12. The molecular weight excluding hydrogens is 614 g/mol. The van der Waals surface area contributed by atoms with Crippen LogP contribution in [0.2, 0.25) is 0 Å². The summed E-state index contributed by atoms with van der Waals surface area (Å²) in [6.07, 6.45) is 8.93. The normalized spacial score (nSPS) is 18.3. The number of carbonyl (C=O) groups is 5. The van der Waals surface area contributed by atoms with Gasteiger partial charge in [-0.2, -0.15) is 5.10 Å². The van der Waals surface area contributed by atoms with E-state index in [-0.39, 0.29) is 36.0 Å². The van der Waals surface area contributed by atoms with Crippen LogP contribution < -0.4 is 16.0 Å². The summed E-state index contributed by atoms with van der Waals surface area (Å²) in [7, 11) is 0. The zero-order valence-electron chi connectivity index (χ0n) is 26.2. The summed E-state index contributed by atoms with van der Waals surface area (Å²) in [6.45, 7) is 2.43. The van der Waals surface area contributed by atoms with Gasteiger partial charge in [-0.05, 0) is 62.4 Å². The Morgan fingerprint density at radius 1 is 0.896 bits per heavy atom. The van der Waals surface area contributed by atoms with Crippen molar-refractivity contribution in [1.29, 1.82) is 0 Å².